The largest absolute Gasteiger partial charge is 0.493 e. The van der Waals surface area contributed by atoms with Gasteiger partial charge in [0.25, 0.3) is 0 Å². The van der Waals surface area contributed by atoms with Crippen molar-refractivity contribution < 1.29 is 78.1 Å². The second-order valence-corrected chi connectivity index (χ2v) is 10.5. The number of aliphatic hydroxyl groups excluding tert-OH is 6. The van der Waals surface area contributed by atoms with Crippen molar-refractivity contribution in [2.75, 3.05) is 41.2 Å². The van der Waals surface area contributed by atoms with Gasteiger partial charge in [-0.1, -0.05) is 18.2 Å². The standard InChI is InChI=1S/C31H38O16/c1-40-18-11-16(12-19(41-2)26(18)42-3)9-10-22(35)44-28-23(36)20(13-32)46-31(28,15-34)47-30-25(38)24(37)27(21(14-33)43-30)45-29(39)17-7-5-4-6-8-17/h4-12,20-21,23-25,27-28,30,32-34,36-38H,13-15H2,1-3H3/t20-,21-,23-,24-,25-,27-,28+,30-,31+/m1/s1. The number of aliphatic hydroxyl groups is 6. The Bertz CT molecular complexity index is 1360. The molecule has 0 saturated carbocycles. The van der Waals surface area contributed by atoms with Gasteiger partial charge in [0.2, 0.25) is 11.5 Å². The fraction of sp³-hybridized carbons (Fsp3) is 0.484. The first-order valence-electron chi connectivity index (χ1n) is 14.4. The molecule has 2 fully saturated rings. The van der Waals surface area contributed by atoms with Gasteiger partial charge >= 0.3 is 11.9 Å². The molecule has 2 aliphatic rings. The molecule has 4 rings (SSSR count). The molecule has 0 aromatic heterocycles. The number of esters is 2. The molecule has 258 valence electrons. The van der Waals surface area contributed by atoms with E-state index in [9.17, 15) is 40.2 Å². The molecule has 0 radical (unpaired) electrons. The molecule has 16 heteroatoms. The van der Waals surface area contributed by atoms with E-state index in [0.717, 1.165) is 6.08 Å². The highest BCUT2D eigenvalue weighted by Crippen LogP contribution is 2.40. The Morgan fingerprint density at radius 3 is 2.04 bits per heavy atom. The number of hydrogen-bond acceptors (Lipinski definition) is 16. The normalized spacial score (nSPS) is 30.6. The summed E-state index contributed by atoms with van der Waals surface area (Å²) in [6, 6.07) is 10.9. The molecule has 0 amide bonds. The van der Waals surface area contributed by atoms with Gasteiger partial charge in [0.1, 0.15) is 37.1 Å². The lowest BCUT2D eigenvalue weighted by Gasteiger charge is -2.44. The lowest BCUT2D eigenvalue weighted by atomic mass is 9.98. The molecular formula is C31H38O16. The molecule has 2 heterocycles. The van der Waals surface area contributed by atoms with E-state index in [-0.39, 0.29) is 5.56 Å². The average molecular weight is 667 g/mol. The number of carbonyl (C=O) groups is 2. The van der Waals surface area contributed by atoms with Crippen molar-refractivity contribution in [2.24, 2.45) is 0 Å². The second-order valence-electron chi connectivity index (χ2n) is 10.5. The van der Waals surface area contributed by atoms with E-state index in [0.29, 0.717) is 22.8 Å². The molecule has 6 N–H and O–H groups in total. The van der Waals surface area contributed by atoms with Crippen LogP contribution in [0.2, 0.25) is 0 Å². The van der Waals surface area contributed by atoms with Crippen LogP contribution in [-0.4, -0.2) is 139 Å². The number of hydrogen-bond donors (Lipinski definition) is 6. The van der Waals surface area contributed by atoms with Crippen LogP contribution >= 0.6 is 0 Å². The highest BCUT2D eigenvalue weighted by Gasteiger charge is 2.61. The van der Waals surface area contributed by atoms with Crippen LogP contribution in [0.4, 0.5) is 0 Å². The van der Waals surface area contributed by atoms with E-state index >= 15 is 0 Å². The van der Waals surface area contributed by atoms with Crippen molar-refractivity contribution in [1.29, 1.82) is 0 Å². The molecular weight excluding hydrogens is 628 g/mol. The van der Waals surface area contributed by atoms with Crippen LogP contribution in [0, 0.1) is 0 Å². The minimum atomic E-state index is -2.44. The Morgan fingerprint density at radius 2 is 1.49 bits per heavy atom. The number of rotatable bonds is 13. The Kier molecular flexibility index (Phi) is 12.1. The summed E-state index contributed by atoms with van der Waals surface area (Å²) < 4.78 is 43.5. The van der Waals surface area contributed by atoms with Gasteiger partial charge in [0.15, 0.2) is 30.0 Å². The maximum Gasteiger partial charge on any atom is 0.338 e. The third kappa shape index (κ3) is 7.67. The van der Waals surface area contributed by atoms with Crippen LogP contribution in [0.5, 0.6) is 17.2 Å². The second kappa shape index (κ2) is 15.8. The number of ether oxygens (including phenoxy) is 8. The van der Waals surface area contributed by atoms with E-state index in [1.807, 2.05) is 0 Å². The summed E-state index contributed by atoms with van der Waals surface area (Å²) in [5, 5.41) is 62.8. The minimum absolute atomic E-state index is 0.135. The fourth-order valence-corrected chi connectivity index (χ4v) is 5.20. The molecule has 16 nitrogen and oxygen atoms in total. The molecule has 0 unspecified atom stereocenters. The fourth-order valence-electron chi connectivity index (χ4n) is 5.20. The Labute approximate surface area is 269 Å². The molecule has 9 atom stereocenters. The smallest absolute Gasteiger partial charge is 0.338 e. The Morgan fingerprint density at radius 1 is 0.851 bits per heavy atom. The van der Waals surface area contributed by atoms with Gasteiger partial charge in [-0.25, -0.2) is 9.59 Å². The molecule has 2 aliphatic heterocycles. The van der Waals surface area contributed by atoms with Crippen LogP contribution < -0.4 is 14.2 Å². The van der Waals surface area contributed by atoms with Gasteiger partial charge in [-0.05, 0) is 35.9 Å². The van der Waals surface area contributed by atoms with E-state index in [1.165, 1.54) is 39.5 Å². The molecule has 2 aromatic rings. The van der Waals surface area contributed by atoms with E-state index < -0.39 is 86.6 Å². The van der Waals surface area contributed by atoms with E-state index in [2.05, 4.69) is 0 Å². The first-order chi connectivity index (χ1) is 22.6. The summed E-state index contributed by atoms with van der Waals surface area (Å²) in [6.07, 6.45) is -11.4. The van der Waals surface area contributed by atoms with Crippen molar-refractivity contribution in [3.05, 3.63) is 59.7 Å². The number of benzene rings is 2. The maximum atomic E-state index is 13.0. The topological polar surface area (TPSA) is 229 Å². The van der Waals surface area contributed by atoms with Crippen LogP contribution in [0.15, 0.2) is 48.5 Å². The predicted molar refractivity (Wildman–Crippen MR) is 157 cm³/mol. The monoisotopic (exact) mass is 666 g/mol. The predicted octanol–water partition coefficient (Wildman–Crippen LogP) is -1.24. The van der Waals surface area contributed by atoms with Crippen molar-refractivity contribution in [3.63, 3.8) is 0 Å². The molecule has 0 bridgehead atoms. The summed E-state index contributed by atoms with van der Waals surface area (Å²) >= 11 is 0. The van der Waals surface area contributed by atoms with Crippen LogP contribution in [0.25, 0.3) is 6.08 Å². The number of carbonyl (C=O) groups excluding carboxylic acids is 2. The highest BCUT2D eigenvalue weighted by molar-refractivity contribution is 5.89. The highest BCUT2D eigenvalue weighted by atomic mass is 16.8. The summed E-state index contributed by atoms with van der Waals surface area (Å²) in [5.41, 5.74) is 0.568. The summed E-state index contributed by atoms with van der Waals surface area (Å²) in [4.78, 5) is 25.6. The van der Waals surface area contributed by atoms with Gasteiger partial charge in [-0.2, -0.15) is 0 Å². The molecule has 2 aromatic carbocycles. The average Bonchev–Trinajstić information content (AvgIpc) is 3.36. The molecule has 0 spiro atoms. The SMILES string of the molecule is COc1cc(C=CC(=O)O[C@H]2[C@H](O)[C@@H](CO)O[C@@]2(CO)O[C@H]2O[C@H](CO)[C@@H](OC(=O)c3ccccc3)[C@H](O)[C@H]2O)cc(OC)c1OC. The third-order valence-corrected chi connectivity index (χ3v) is 7.61. The minimum Gasteiger partial charge on any atom is -0.493 e. The van der Waals surface area contributed by atoms with Crippen molar-refractivity contribution in [1.82, 2.24) is 0 Å². The van der Waals surface area contributed by atoms with Gasteiger partial charge < -0.3 is 68.5 Å². The van der Waals surface area contributed by atoms with Crippen molar-refractivity contribution in [3.8, 4) is 17.2 Å². The van der Waals surface area contributed by atoms with E-state index in [4.69, 9.17) is 37.9 Å². The molecule has 0 aliphatic carbocycles. The van der Waals surface area contributed by atoms with E-state index in [1.54, 1.807) is 30.3 Å². The molecule has 47 heavy (non-hydrogen) atoms. The summed E-state index contributed by atoms with van der Waals surface area (Å²) in [7, 11) is 4.26. The maximum absolute atomic E-state index is 13.0. The zero-order valence-electron chi connectivity index (χ0n) is 25.7. The Hall–Kier alpha value is -3.84. The first-order valence-corrected chi connectivity index (χ1v) is 14.4. The zero-order chi connectivity index (χ0) is 34.3. The lowest BCUT2D eigenvalue weighted by Crippen LogP contribution is -2.63. The quantitative estimate of drug-likeness (QED) is 0.108. The molecule has 2 saturated heterocycles. The van der Waals surface area contributed by atoms with Crippen LogP contribution in [0.1, 0.15) is 15.9 Å². The Balaban J connectivity index is 1.53. The van der Waals surface area contributed by atoms with Crippen LogP contribution in [-0.2, 0) is 28.5 Å². The van der Waals surface area contributed by atoms with Gasteiger partial charge in [0.05, 0.1) is 40.1 Å². The summed E-state index contributed by atoms with van der Waals surface area (Å²) in [5.74, 6) is -3.41. The van der Waals surface area contributed by atoms with Crippen LogP contribution in [0.3, 0.4) is 0 Å². The first kappa shape index (κ1) is 36.0. The zero-order valence-corrected chi connectivity index (χ0v) is 25.7. The summed E-state index contributed by atoms with van der Waals surface area (Å²) in [6.45, 7) is -2.71. The lowest BCUT2D eigenvalue weighted by molar-refractivity contribution is -0.383. The van der Waals surface area contributed by atoms with Crippen molar-refractivity contribution >= 4 is 18.0 Å². The van der Waals surface area contributed by atoms with Crippen molar-refractivity contribution in [2.45, 2.75) is 54.8 Å². The van der Waals surface area contributed by atoms with Gasteiger partial charge in [-0.15, -0.1) is 0 Å². The van der Waals surface area contributed by atoms with Gasteiger partial charge in [0, 0.05) is 6.08 Å². The van der Waals surface area contributed by atoms with Gasteiger partial charge in [-0.3, -0.25) is 0 Å². The number of methoxy groups -OCH3 is 3. The third-order valence-electron chi connectivity index (χ3n) is 7.61.